The van der Waals surface area contributed by atoms with Gasteiger partial charge in [-0.05, 0) is 54.9 Å². The van der Waals surface area contributed by atoms with Crippen molar-refractivity contribution in [3.63, 3.8) is 0 Å². The molecule has 3 amide bonds. The van der Waals surface area contributed by atoms with Gasteiger partial charge in [0.05, 0.1) is 6.04 Å². The Morgan fingerprint density at radius 1 is 1.14 bits per heavy atom. The molecule has 1 saturated heterocycles. The van der Waals surface area contributed by atoms with Crippen LogP contribution in [0.15, 0.2) is 24.3 Å². The van der Waals surface area contributed by atoms with Gasteiger partial charge in [-0.15, -0.1) is 0 Å². The molecule has 194 valence electrons. The lowest BCUT2D eigenvalue weighted by Gasteiger charge is -2.29. The highest BCUT2D eigenvalue weighted by atomic mass is 32.2. The molecular formula is C24H36N4O6S. The smallest absolute Gasteiger partial charge is 0.326 e. The minimum Gasteiger partial charge on any atom is -0.508 e. The molecule has 10 nitrogen and oxygen atoms in total. The third-order valence-electron chi connectivity index (χ3n) is 6.08. The molecule has 0 aliphatic carbocycles. The highest BCUT2D eigenvalue weighted by Crippen LogP contribution is 2.20. The summed E-state index contributed by atoms with van der Waals surface area (Å²) in [6, 6.07) is 2.45. The number of benzene rings is 1. The van der Waals surface area contributed by atoms with E-state index >= 15 is 0 Å². The number of carboxylic acids is 1. The van der Waals surface area contributed by atoms with Gasteiger partial charge < -0.3 is 31.5 Å². The summed E-state index contributed by atoms with van der Waals surface area (Å²) in [5, 5.41) is 24.3. The number of carboxylic acid groups (broad SMARTS) is 1. The molecule has 2 rings (SSSR count). The Morgan fingerprint density at radius 2 is 1.80 bits per heavy atom. The van der Waals surface area contributed by atoms with Crippen LogP contribution >= 0.6 is 11.8 Å². The van der Waals surface area contributed by atoms with Crippen LogP contribution in [0.5, 0.6) is 5.75 Å². The molecule has 0 radical (unpaired) electrons. The van der Waals surface area contributed by atoms with Gasteiger partial charge in [-0.2, -0.15) is 11.8 Å². The number of aromatic hydroxyl groups is 1. The lowest BCUT2D eigenvalue weighted by molar-refractivity contribution is -0.143. The Labute approximate surface area is 210 Å². The molecule has 6 N–H and O–H groups in total. The van der Waals surface area contributed by atoms with Gasteiger partial charge in [0.15, 0.2) is 0 Å². The van der Waals surface area contributed by atoms with Crippen LogP contribution in [0.2, 0.25) is 0 Å². The number of carbonyl (C=O) groups is 4. The summed E-state index contributed by atoms with van der Waals surface area (Å²) in [5.74, 6) is -2.00. The second kappa shape index (κ2) is 13.3. The number of likely N-dealkylation sites (tertiary alicyclic amines) is 1. The number of aliphatic carboxylic acids is 1. The van der Waals surface area contributed by atoms with E-state index in [2.05, 4.69) is 10.6 Å². The molecule has 4 unspecified atom stereocenters. The monoisotopic (exact) mass is 508 g/mol. The average molecular weight is 509 g/mol. The molecule has 0 spiro atoms. The lowest BCUT2D eigenvalue weighted by atomic mass is 10.0. The van der Waals surface area contributed by atoms with Crippen molar-refractivity contribution in [2.24, 2.45) is 11.7 Å². The van der Waals surface area contributed by atoms with Crippen molar-refractivity contribution in [3.05, 3.63) is 29.8 Å². The van der Waals surface area contributed by atoms with Gasteiger partial charge in [0.25, 0.3) is 0 Å². The van der Waals surface area contributed by atoms with Crippen molar-refractivity contribution < 1.29 is 29.4 Å². The van der Waals surface area contributed by atoms with Crippen molar-refractivity contribution in [1.82, 2.24) is 15.5 Å². The number of nitrogens with two attached hydrogens (primary N) is 1. The first-order chi connectivity index (χ1) is 16.5. The fraction of sp³-hybridized carbons (Fsp3) is 0.583. The number of thioether (sulfide) groups is 1. The number of phenolic OH excluding ortho intramolecular Hbond substituents is 1. The molecule has 0 saturated carbocycles. The van der Waals surface area contributed by atoms with Crippen molar-refractivity contribution in [1.29, 1.82) is 0 Å². The predicted octanol–water partition coefficient (Wildman–Crippen LogP) is 0.716. The van der Waals surface area contributed by atoms with Crippen LogP contribution in [0, 0.1) is 5.92 Å². The third kappa shape index (κ3) is 8.14. The molecule has 1 aliphatic heterocycles. The van der Waals surface area contributed by atoms with Crippen molar-refractivity contribution in [3.8, 4) is 5.75 Å². The maximum atomic E-state index is 13.1. The molecule has 1 aliphatic rings. The Morgan fingerprint density at radius 3 is 2.37 bits per heavy atom. The maximum absolute atomic E-state index is 13.1. The van der Waals surface area contributed by atoms with E-state index in [1.54, 1.807) is 12.1 Å². The van der Waals surface area contributed by atoms with E-state index in [-0.39, 0.29) is 24.0 Å². The van der Waals surface area contributed by atoms with E-state index in [1.165, 1.54) is 28.8 Å². The van der Waals surface area contributed by atoms with E-state index < -0.39 is 42.0 Å². The summed E-state index contributed by atoms with van der Waals surface area (Å²) < 4.78 is 0. The maximum Gasteiger partial charge on any atom is 0.326 e. The van der Waals surface area contributed by atoms with E-state index in [4.69, 9.17) is 5.73 Å². The van der Waals surface area contributed by atoms with Gasteiger partial charge >= 0.3 is 5.97 Å². The van der Waals surface area contributed by atoms with E-state index in [9.17, 15) is 29.4 Å². The first-order valence-electron chi connectivity index (χ1n) is 11.7. The number of nitrogens with zero attached hydrogens (tertiary/aromatic N) is 1. The van der Waals surface area contributed by atoms with Gasteiger partial charge in [-0.1, -0.05) is 26.0 Å². The third-order valence-corrected chi connectivity index (χ3v) is 6.72. The molecule has 0 aromatic heterocycles. The van der Waals surface area contributed by atoms with Crippen molar-refractivity contribution >= 4 is 35.5 Å². The molecular weight excluding hydrogens is 472 g/mol. The zero-order valence-corrected chi connectivity index (χ0v) is 21.2. The number of hydrogen-bond donors (Lipinski definition) is 5. The SMILES string of the molecule is CSCCC(NC(=O)C1CCCN1C(=O)C(N)C(C)C)C(=O)NC(Cc1ccc(O)cc1)C(=O)O. The Kier molecular flexibility index (Phi) is 10.8. The minimum atomic E-state index is -1.21. The van der Waals surface area contributed by atoms with E-state index in [0.717, 1.165) is 0 Å². The largest absolute Gasteiger partial charge is 0.508 e. The second-order valence-electron chi connectivity index (χ2n) is 9.07. The van der Waals surface area contributed by atoms with Crippen LogP contribution < -0.4 is 16.4 Å². The van der Waals surface area contributed by atoms with E-state index in [0.29, 0.717) is 37.1 Å². The number of carbonyl (C=O) groups excluding carboxylic acids is 3. The second-order valence-corrected chi connectivity index (χ2v) is 10.1. The van der Waals surface area contributed by atoms with Crippen LogP contribution in [0.1, 0.15) is 38.7 Å². The van der Waals surface area contributed by atoms with Gasteiger partial charge in [0.2, 0.25) is 17.7 Å². The normalized spacial score (nSPS) is 18.1. The highest BCUT2D eigenvalue weighted by molar-refractivity contribution is 7.98. The van der Waals surface area contributed by atoms with Gasteiger partial charge in [-0.3, -0.25) is 14.4 Å². The summed E-state index contributed by atoms with van der Waals surface area (Å²) >= 11 is 1.50. The zero-order chi connectivity index (χ0) is 26.1. The van der Waals surface area contributed by atoms with Crippen LogP contribution in [-0.2, 0) is 25.6 Å². The highest BCUT2D eigenvalue weighted by Gasteiger charge is 2.38. The zero-order valence-electron chi connectivity index (χ0n) is 20.4. The summed E-state index contributed by atoms with van der Waals surface area (Å²) in [4.78, 5) is 52.2. The molecule has 1 fully saturated rings. The molecule has 35 heavy (non-hydrogen) atoms. The van der Waals surface area contributed by atoms with Crippen LogP contribution in [0.25, 0.3) is 0 Å². The van der Waals surface area contributed by atoms with E-state index in [1.807, 2.05) is 20.1 Å². The molecule has 0 bridgehead atoms. The Bertz CT molecular complexity index is 895. The number of rotatable bonds is 12. The first kappa shape index (κ1) is 28.4. The standard InChI is InChI=1S/C24H36N4O6S/c1-14(2)20(25)23(32)28-11-4-5-19(28)22(31)26-17(10-12-35-3)21(30)27-18(24(33)34)13-15-6-8-16(29)9-7-15/h6-9,14,17-20,29H,4-5,10-13,25H2,1-3H3,(H,26,31)(H,27,30)(H,33,34). The Hall–Kier alpha value is -2.79. The number of hydrogen-bond acceptors (Lipinski definition) is 7. The molecule has 1 aromatic carbocycles. The molecule has 1 aromatic rings. The summed E-state index contributed by atoms with van der Waals surface area (Å²) in [7, 11) is 0. The fourth-order valence-corrected chi connectivity index (χ4v) is 4.36. The molecule has 1 heterocycles. The lowest BCUT2D eigenvalue weighted by Crippen LogP contribution is -2.57. The molecule has 4 atom stereocenters. The predicted molar refractivity (Wildman–Crippen MR) is 134 cm³/mol. The number of nitrogens with one attached hydrogen (secondary N) is 2. The fourth-order valence-electron chi connectivity index (χ4n) is 3.89. The summed E-state index contributed by atoms with van der Waals surface area (Å²) in [6.45, 7) is 4.10. The van der Waals surface area contributed by atoms with Crippen molar-refractivity contribution in [2.75, 3.05) is 18.6 Å². The molecule has 11 heteroatoms. The number of phenols is 1. The van der Waals surface area contributed by atoms with Gasteiger partial charge in [0.1, 0.15) is 23.9 Å². The van der Waals surface area contributed by atoms with Crippen LogP contribution in [0.4, 0.5) is 0 Å². The van der Waals surface area contributed by atoms with Gasteiger partial charge in [0, 0.05) is 13.0 Å². The van der Waals surface area contributed by atoms with Crippen LogP contribution in [0.3, 0.4) is 0 Å². The first-order valence-corrected chi connectivity index (χ1v) is 13.1. The topological polar surface area (TPSA) is 162 Å². The summed E-state index contributed by atoms with van der Waals surface area (Å²) in [5.41, 5.74) is 6.64. The Balaban J connectivity index is 2.10. The minimum absolute atomic E-state index is 0.0164. The van der Waals surface area contributed by atoms with Crippen molar-refractivity contribution in [2.45, 2.75) is 63.7 Å². The average Bonchev–Trinajstić information content (AvgIpc) is 3.31. The number of amides is 3. The summed E-state index contributed by atoms with van der Waals surface area (Å²) in [6.07, 6.45) is 3.31. The van der Waals surface area contributed by atoms with Crippen LogP contribution in [-0.4, -0.2) is 81.5 Å². The quantitative estimate of drug-likeness (QED) is 0.276. The van der Waals surface area contributed by atoms with Gasteiger partial charge in [-0.25, -0.2) is 4.79 Å².